The number of nitrogens with one attached hydrogen (secondary N) is 2. The second-order valence-electron chi connectivity index (χ2n) is 8.47. The van der Waals surface area contributed by atoms with Gasteiger partial charge in [0.1, 0.15) is 11.5 Å². The summed E-state index contributed by atoms with van der Waals surface area (Å²) in [7, 11) is 0. The summed E-state index contributed by atoms with van der Waals surface area (Å²) in [6.45, 7) is 0.0406. The highest BCUT2D eigenvalue weighted by Crippen LogP contribution is 2.37. The Morgan fingerprint density at radius 1 is 1.15 bits per heavy atom. The van der Waals surface area contributed by atoms with Gasteiger partial charge in [0.2, 0.25) is 0 Å². The number of carboxylic acids is 1. The minimum absolute atomic E-state index is 0.0406. The maximum Gasteiger partial charge on any atom is 0.573 e. The predicted octanol–water partition coefficient (Wildman–Crippen LogP) is 5.07. The number of carbonyl (C=O) groups excluding carboxylic acids is 1. The highest BCUT2D eigenvalue weighted by molar-refractivity contribution is 5.96. The van der Waals surface area contributed by atoms with Gasteiger partial charge in [-0.2, -0.15) is 0 Å². The number of alkyl halides is 3. The van der Waals surface area contributed by atoms with Crippen LogP contribution in [-0.4, -0.2) is 36.0 Å². The number of halogens is 3. The standard InChI is InChI=1S/C24H25F3N2O5/c25-24(26,27)34-17-7-9-20-19(12-17)28-13-21(33-20)23(32)29-18-8-5-15(14-3-1-2-4-14)11-16(18)6-10-22(30)31/h5,7-9,11-12,14,21,28H,1-4,6,10,13H2,(H,29,32)(H,30,31). The molecule has 182 valence electrons. The van der Waals surface area contributed by atoms with Crippen molar-refractivity contribution in [3.8, 4) is 11.5 Å². The second kappa shape index (κ2) is 9.82. The first-order valence-electron chi connectivity index (χ1n) is 11.1. The molecule has 1 amide bonds. The minimum atomic E-state index is -4.81. The monoisotopic (exact) mass is 478 g/mol. The quantitative estimate of drug-likeness (QED) is 0.514. The number of carbonyl (C=O) groups is 2. The van der Waals surface area contributed by atoms with Crippen LogP contribution in [0.2, 0.25) is 0 Å². The summed E-state index contributed by atoms with van der Waals surface area (Å²) in [5.41, 5.74) is 2.71. The molecule has 0 aromatic heterocycles. The predicted molar refractivity (Wildman–Crippen MR) is 118 cm³/mol. The molecule has 10 heteroatoms. The Morgan fingerprint density at radius 2 is 1.91 bits per heavy atom. The Morgan fingerprint density at radius 3 is 2.62 bits per heavy atom. The molecule has 34 heavy (non-hydrogen) atoms. The lowest BCUT2D eigenvalue weighted by Gasteiger charge is -2.27. The van der Waals surface area contributed by atoms with Crippen LogP contribution in [-0.2, 0) is 16.0 Å². The summed E-state index contributed by atoms with van der Waals surface area (Å²) >= 11 is 0. The molecule has 4 rings (SSSR count). The highest BCUT2D eigenvalue weighted by atomic mass is 19.4. The van der Waals surface area contributed by atoms with Gasteiger partial charge in [-0.1, -0.05) is 25.0 Å². The van der Waals surface area contributed by atoms with Crippen molar-refractivity contribution in [2.24, 2.45) is 0 Å². The molecule has 1 heterocycles. The van der Waals surface area contributed by atoms with Crippen molar-refractivity contribution in [1.82, 2.24) is 0 Å². The molecule has 1 fully saturated rings. The number of aryl methyl sites for hydroxylation is 1. The first-order chi connectivity index (χ1) is 16.2. The zero-order valence-corrected chi connectivity index (χ0v) is 18.3. The van der Waals surface area contributed by atoms with Gasteiger partial charge >= 0.3 is 12.3 Å². The Labute approximate surface area is 194 Å². The van der Waals surface area contributed by atoms with Crippen molar-refractivity contribution in [1.29, 1.82) is 0 Å². The normalized spacial score (nSPS) is 17.9. The molecule has 1 atom stereocenters. The summed E-state index contributed by atoms with van der Waals surface area (Å²) < 4.78 is 46.9. The molecular weight excluding hydrogens is 453 g/mol. The van der Waals surface area contributed by atoms with Gasteiger partial charge in [-0.15, -0.1) is 13.2 Å². The lowest BCUT2D eigenvalue weighted by Crippen LogP contribution is -2.41. The Balaban J connectivity index is 1.46. The smallest absolute Gasteiger partial charge is 0.481 e. The Kier molecular flexibility index (Phi) is 6.85. The van der Waals surface area contributed by atoms with Crippen LogP contribution >= 0.6 is 0 Å². The number of amides is 1. The molecule has 1 unspecified atom stereocenters. The largest absolute Gasteiger partial charge is 0.573 e. The molecule has 2 aliphatic rings. The summed E-state index contributed by atoms with van der Waals surface area (Å²) in [6, 6.07) is 9.31. The lowest BCUT2D eigenvalue weighted by atomic mass is 9.94. The van der Waals surface area contributed by atoms with Crippen LogP contribution in [0.3, 0.4) is 0 Å². The van der Waals surface area contributed by atoms with E-state index in [1.807, 2.05) is 12.1 Å². The van der Waals surface area contributed by atoms with Crippen molar-refractivity contribution < 1.29 is 37.3 Å². The fraction of sp³-hybridized carbons (Fsp3) is 0.417. The van der Waals surface area contributed by atoms with Gasteiger partial charge < -0.3 is 25.2 Å². The number of hydrogen-bond donors (Lipinski definition) is 3. The third-order valence-electron chi connectivity index (χ3n) is 6.05. The molecular formula is C24H25F3N2O5. The van der Waals surface area contributed by atoms with E-state index in [0.717, 1.165) is 36.1 Å². The topological polar surface area (TPSA) is 96.9 Å². The number of rotatable bonds is 7. The third kappa shape index (κ3) is 5.92. The number of carboxylic acid groups (broad SMARTS) is 1. The van der Waals surface area contributed by atoms with Gasteiger partial charge in [0.05, 0.1) is 12.2 Å². The first kappa shape index (κ1) is 23.7. The van der Waals surface area contributed by atoms with Crippen LogP contribution in [0.1, 0.15) is 49.1 Å². The van der Waals surface area contributed by atoms with E-state index >= 15 is 0 Å². The average molecular weight is 478 g/mol. The Hall–Kier alpha value is -3.43. The van der Waals surface area contributed by atoms with E-state index in [2.05, 4.69) is 15.4 Å². The van der Waals surface area contributed by atoms with Crippen LogP contribution in [0.4, 0.5) is 24.5 Å². The zero-order valence-electron chi connectivity index (χ0n) is 18.3. The molecule has 0 spiro atoms. The SMILES string of the molecule is O=C(O)CCc1cc(C2CCCC2)ccc1NC(=O)C1CNc2cc(OC(F)(F)F)ccc2O1. The lowest BCUT2D eigenvalue weighted by molar-refractivity contribution is -0.274. The van der Waals surface area contributed by atoms with E-state index in [1.165, 1.54) is 18.9 Å². The zero-order chi connectivity index (χ0) is 24.3. The van der Waals surface area contributed by atoms with E-state index < -0.39 is 30.1 Å². The van der Waals surface area contributed by atoms with E-state index in [1.54, 1.807) is 6.07 Å². The molecule has 2 aromatic carbocycles. The molecule has 3 N–H and O–H groups in total. The van der Waals surface area contributed by atoms with E-state index in [0.29, 0.717) is 11.6 Å². The van der Waals surface area contributed by atoms with E-state index in [4.69, 9.17) is 9.84 Å². The number of benzene rings is 2. The number of hydrogen-bond acceptors (Lipinski definition) is 5. The summed E-state index contributed by atoms with van der Waals surface area (Å²) in [5.74, 6) is -1.09. The highest BCUT2D eigenvalue weighted by Gasteiger charge is 2.32. The molecule has 0 radical (unpaired) electrons. The van der Waals surface area contributed by atoms with Crippen LogP contribution in [0.5, 0.6) is 11.5 Å². The first-order valence-corrected chi connectivity index (χ1v) is 11.1. The molecule has 0 bridgehead atoms. The average Bonchev–Trinajstić information content (AvgIpc) is 3.32. The van der Waals surface area contributed by atoms with Crippen molar-refractivity contribution in [3.63, 3.8) is 0 Å². The number of aliphatic carboxylic acids is 1. The molecule has 2 aromatic rings. The maximum atomic E-state index is 12.9. The maximum absolute atomic E-state index is 12.9. The van der Waals surface area contributed by atoms with E-state index in [-0.39, 0.29) is 30.8 Å². The Bertz CT molecular complexity index is 1070. The molecule has 7 nitrogen and oxygen atoms in total. The number of ether oxygens (including phenoxy) is 2. The van der Waals surface area contributed by atoms with Crippen molar-refractivity contribution in [3.05, 3.63) is 47.5 Å². The second-order valence-corrected chi connectivity index (χ2v) is 8.47. The number of fused-ring (bicyclic) bond motifs is 1. The van der Waals surface area contributed by atoms with E-state index in [9.17, 15) is 22.8 Å². The molecule has 1 aliphatic heterocycles. The van der Waals surface area contributed by atoms with Crippen LogP contribution in [0, 0.1) is 0 Å². The number of anilines is 2. The minimum Gasteiger partial charge on any atom is -0.481 e. The molecule has 1 aliphatic carbocycles. The summed E-state index contributed by atoms with van der Waals surface area (Å²) in [5, 5.41) is 14.8. The third-order valence-corrected chi connectivity index (χ3v) is 6.05. The summed E-state index contributed by atoms with van der Waals surface area (Å²) in [4.78, 5) is 24.0. The van der Waals surface area contributed by atoms with Crippen LogP contribution in [0.15, 0.2) is 36.4 Å². The van der Waals surface area contributed by atoms with Crippen molar-refractivity contribution in [2.45, 2.75) is 56.9 Å². The van der Waals surface area contributed by atoms with Crippen LogP contribution in [0.25, 0.3) is 0 Å². The van der Waals surface area contributed by atoms with Gasteiger partial charge in [0, 0.05) is 18.2 Å². The van der Waals surface area contributed by atoms with Gasteiger partial charge in [-0.3, -0.25) is 9.59 Å². The fourth-order valence-corrected chi connectivity index (χ4v) is 4.40. The fourth-order valence-electron chi connectivity index (χ4n) is 4.40. The van der Waals surface area contributed by atoms with Gasteiger partial charge in [0.15, 0.2) is 6.10 Å². The van der Waals surface area contributed by atoms with Gasteiger partial charge in [0.25, 0.3) is 5.91 Å². The van der Waals surface area contributed by atoms with Crippen molar-refractivity contribution in [2.75, 3.05) is 17.2 Å². The van der Waals surface area contributed by atoms with Crippen LogP contribution < -0.4 is 20.1 Å². The summed E-state index contributed by atoms with van der Waals surface area (Å²) in [6.07, 6.45) is -0.979. The molecule has 1 saturated carbocycles. The van der Waals surface area contributed by atoms with Gasteiger partial charge in [-0.25, -0.2) is 0 Å². The van der Waals surface area contributed by atoms with Gasteiger partial charge in [-0.05, 0) is 54.5 Å². The van der Waals surface area contributed by atoms with Crippen molar-refractivity contribution >= 4 is 23.3 Å². The molecule has 0 saturated heterocycles.